The molecule has 3 unspecified atom stereocenters. The van der Waals surface area contributed by atoms with E-state index in [0.29, 0.717) is 23.7 Å². The molecule has 0 aromatic heterocycles. The first-order valence-electron chi connectivity index (χ1n) is 14.6. The summed E-state index contributed by atoms with van der Waals surface area (Å²) < 4.78 is 26.9. The van der Waals surface area contributed by atoms with E-state index in [0.717, 1.165) is 82.9 Å². The zero-order chi connectivity index (χ0) is 26.5. The molecule has 206 valence electrons. The van der Waals surface area contributed by atoms with E-state index in [2.05, 4.69) is 40.1 Å². The van der Waals surface area contributed by atoms with Crippen LogP contribution in [0.1, 0.15) is 68.4 Å². The summed E-state index contributed by atoms with van der Waals surface area (Å²) in [6.45, 7) is 4.84. The number of halogens is 2. The first-order valence-corrected chi connectivity index (χ1v) is 14.6. The predicted molar refractivity (Wildman–Crippen MR) is 146 cm³/mol. The fourth-order valence-electron chi connectivity index (χ4n) is 7.01. The van der Waals surface area contributed by atoms with Crippen molar-refractivity contribution in [1.82, 2.24) is 9.80 Å². The Morgan fingerprint density at radius 2 is 1.66 bits per heavy atom. The Morgan fingerprint density at radius 1 is 0.947 bits per heavy atom. The molecule has 1 aliphatic carbocycles. The largest absolute Gasteiger partial charge is 0.480 e. The summed E-state index contributed by atoms with van der Waals surface area (Å²) in [6.07, 6.45) is 9.47. The summed E-state index contributed by atoms with van der Waals surface area (Å²) >= 11 is 0. The van der Waals surface area contributed by atoms with Gasteiger partial charge in [0.25, 0.3) is 0 Å². The Hall–Kier alpha value is -2.31. The van der Waals surface area contributed by atoms with Crippen LogP contribution in [0.4, 0.5) is 8.78 Å². The number of rotatable bonds is 11. The Kier molecular flexibility index (Phi) is 9.11. The molecule has 2 aromatic rings. The molecule has 0 amide bonds. The highest BCUT2D eigenvalue weighted by Crippen LogP contribution is 2.38. The molecule has 0 spiro atoms. The lowest BCUT2D eigenvalue weighted by atomic mass is 9.80. The maximum absolute atomic E-state index is 13.5. The van der Waals surface area contributed by atoms with Crippen molar-refractivity contribution in [3.05, 3.63) is 71.3 Å². The topological polar surface area (TPSA) is 43.8 Å². The number of aliphatic carboxylic acids is 1. The van der Waals surface area contributed by atoms with Crippen molar-refractivity contribution in [2.75, 3.05) is 32.7 Å². The summed E-state index contributed by atoms with van der Waals surface area (Å²) in [5.74, 6) is 0.378. The highest BCUT2D eigenvalue weighted by molar-refractivity contribution is 5.73. The van der Waals surface area contributed by atoms with Crippen molar-refractivity contribution in [3.8, 4) is 0 Å². The van der Waals surface area contributed by atoms with Crippen molar-refractivity contribution in [2.24, 2.45) is 17.8 Å². The maximum atomic E-state index is 13.5. The summed E-state index contributed by atoms with van der Waals surface area (Å²) in [4.78, 5) is 17.1. The molecule has 6 heteroatoms. The van der Waals surface area contributed by atoms with E-state index in [-0.39, 0.29) is 6.04 Å². The van der Waals surface area contributed by atoms with Crippen molar-refractivity contribution in [3.63, 3.8) is 0 Å². The average molecular weight is 525 g/mol. The van der Waals surface area contributed by atoms with Gasteiger partial charge in [0, 0.05) is 31.6 Å². The zero-order valence-electron chi connectivity index (χ0n) is 22.4. The summed E-state index contributed by atoms with van der Waals surface area (Å²) in [7, 11) is 0. The smallest absolute Gasteiger partial charge is 0.320 e. The highest BCUT2D eigenvalue weighted by atomic mass is 19.1. The van der Waals surface area contributed by atoms with Gasteiger partial charge in [0.1, 0.15) is 17.7 Å². The van der Waals surface area contributed by atoms with Gasteiger partial charge in [0.05, 0.1) is 0 Å². The van der Waals surface area contributed by atoms with Crippen molar-refractivity contribution >= 4 is 5.97 Å². The lowest BCUT2D eigenvalue weighted by molar-refractivity contribution is -0.144. The van der Waals surface area contributed by atoms with E-state index >= 15 is 0 Å². The van der Waals surface area contributed by atoms with Crippen LogP contribution in [0, 0.1) is 29.4 Å². The van der Waals surface area contributed by atoms with Crippen LogP contribution in [0.2, 0.25) is 0 Å². The summed E-state index contributed by atoms with van der Waals surface area (Å²) in [6, 6.07) is 14.1. The number of carbonyl (C=O) groups is 1. The molecular weight excluding hydrogens is 482 g/mol. The van der Waals surface area contributed by atoms with Crippen LogP contribution in [0.25, 0.3) is 0 Å². The second kappa shape index (κ2) is 12.7. The van der Waals surface area contributed by atoms with E-state index in [4.69, 9.17) is 0 Å². The van der Waals surface area contributed by atoms with Crippen molar-refractivity contribution in [2.45, 2.75) is 69.7 Å². The second-order valence-corrected chi connectivity index (χ2v) is 12.0. The van der Waals surface area contributed by atoms with Crippen molar-refractivity contribution < 1.29 is 18.7 Å². The van der Waals surface area contributed by atoms with E-state index in [9.17, 15) is 18.7 Å². The molecule has 3 fully saturated rings. The first-order chi connectivity index (χ1) is 18.4. The molecule has 2 saturated heterocycles. The number of piperidine rings is 1. The molecule has 0 radical (unpaired) electrons. The normalized spacial score (nSPS) is 24.4. The lowest BCUT2D eigenvalue weighted by Crippen LogP contribution is -2.43. The molecule has 1 N–H and O–H groups in total. The Labute approximate surface area is 226 Å². The number of likely N-dealkylation sites (tertiary alicyclic amines) is 2. The number of aryl methyl sites for hydroxylation is 1. The van der Waals surface area contributed by atoms with Gasteiger partial charge in [-0.05, 0) is 86.2 Å². The van der Waals surface area contributed by atoms with Gasteiger partial charge in [0.2, 0.25) is 0 Å². The Morgan fingerprint density at radius 3 is 2.29 bits per heavy atom. The van der Waals surface area contributed by atoms with Gasteiger partial charge in [-0.1, -0.05) is 56.0 Å². The van der Waals surface area contributed by atoms with Gasteiger partial charge >= 0.3 is 5.97 Å². The predicted octanol–water partition coefficient (Wildman–Crippen LogP) is 6.36. The standard InChI is InChI=1S/C32H42F2N2O2/c33-28-16-25(17-29(34)19-28)9-4-6-23-12-14-35(15-13-23)20-27-21-36(22-30(27)26-10-2-1-3-11-26)31(32(37)38)18-24-7-5-8-24/h1-3,10-11,16-17,19,23-24,27,30-31H,4-9,12-15,18,20-22H2,(H,37,38). The minimum Gasteiger partial charge on any atom is -0.480 e. The molecule has 2 aromatic carbocycles. The Bertz CT molecular complexity index is 1030. The molecule has 38 heavy (non-hydrogen) atoms. The minimum atomic E-state index is -0.661. The summed E-state index contributed by atoms with van der Waals surface area (Å²) in [5, 5.41) is 10.1. The van der Waals surface area contributed by atoms with Crippen molar-refractivity contribution in [1.29, 1.82) is 0 Å². The van der Waals surface area contributed by atoms with Gasteiger partial charge in [-0.15, -0.1) is 0 Å². The quantitative estimate of drug-likeness (QED) is 0.372. The van der Waals surface area contributed by atoms with E-state index in [1.54, 1.807) is 0 Å². The van der Waals surface area contributed by atoms with Gasteiger partial charge in [-0.2, -0.15) is 0 Å². The third kappa shape index (κ3) is 7.01. The molecule has 5 rings (SSSR count). The molecule has 4 nitrogen and oxygen atoms in total. The highest BCUT2D eigenvalue weighted by Gasteiger charge is 2.41. The van der Waals surface area contributed by atoms with Gasteiger partial charge in [-0.25, -0.2) is 8.78 Å². The average Bonchev–Trinajstić information content (AvgIpc) is 3.27. The van der Waals surface area contributed by atoms with Crippen LogP contribution in [0.15, 0.2) is 48.5 Å². The monoisotopic (exact) mass is 524 g/mol. The van der Waals surface area contributed by atoms with Crippen LogP contribution in [0.3, 0.4) is 0 Å². The molecule has 0 bridgehead atoms. The third-order valence-corrected chi connectivity index (χ3v) is 9.40. The molecular formula is C32H42F2N2O2. The number of hydrogen-bond donors (Lipinski definition) is 1. The lowest BCUT2D eigenvalue weighted by Gasteiger charge is -2.35. The van der Waals surface area contributed by atoms with Crippen LogP contribution < -0.4 is 0 Å². The van der Waals surface area contributed by atoms with Crippen LogP contribution in [-0.4, -0.2) is 59.6 Å². The Balaban J connectivity index is 1.14. The number of carboxylic acids is 1. The molecule has 3 atom stereocenters. The number of nitrogens with zero attached hydrogens (tertiary/aromatic N) is 2. The fraction of sp³-hybridized carbons (Fsp3) is 0.594. The van der Waals surface area contributed by atoms with Gasteiger partial charge < -0.3 is 10.0 Å². The van der Waals surface area contributed by atoms with E-state index < -0.39 is 17.6 Å². The fourth-order valence-corrected chi connectivity index (χ4v) is 7.01. The SMILES string of the molecule is O=C(O)C(CC1CCC1)N1CC(CN2CCC(CCCc3cc(F)cc(F)c3)CC2)C(c2ccccc2)C1. The summed E-state index contributed by atoms with van der Waals surface area (Å²) in [5.41, 5.74) is 2.08. The van der Waals surface area contributed by atoms with Crippen LogP contribution in [-0.2, 0) is 11.2 Å². The first kappa shape index (κ1) is 27.3. The van der Waals surface area contributed by atoms with E-state index in [1.165, 1.54) is 37.0 Å². The van der Waals surface area contributed by atoms with Gasteiger partial charge in [-0.3, -0.25) is 9.69 Å². The number of benzene rings is 2. The molecule has 3 aliphatic rings. The number of hydrogen-bond acceptors (Lipinski definition) is 3. The molecule has 2 heterocycles. The molecule has 1 saturated carbocycles. The van der Waals surface area contributed by atoms with Gasteiger partial charge in [0.15, 0.2) is 0 Å². The molecule has 2 aliphatic heterocycles. The van der Waals surface area contributed by atoms with E-state index in [1.807, 2.05) is 0 Å². The van der Waals surface area contributed by atoms with Crippen LogP contribution >= 0.6 is 0 Å². The second-order valence-electron chi connectivity index (χ2n) is 12.0. The third-order valence-electron chi connectivity index (χ3n) is 9.40. The number of carboxylic acid groups (broad SMARTS) is 1. The minimum absolute atomic E-state index is 0.365. The maximum Gasteiger partial charge on any atom is 0.320 e. The zero-order valence-corrected chi connectivity index (χ0v) is 22.4. The van der Waals surface area contributed by atoms with Crippen LogP contribution in [0.5, 0.6) is 0 Å².